The zero-order chi connectivity index (χ0) is 15.2. The molecule has 1 aliphatic carbocycles. The molecule has 1 heterocycles. The van der Waals surface area contributed by atoms with Crippen LogP contribution >= 0.6 is 11.8 Å². The van der Waals surface area contributed by atoms with Crippen molar-refractivity contribution < 1.29 is 14.7 Å². The van der Waals surface area contributed by atoms with E-state index in [1.165, 1.54) is 6.42 Å². The second-order valence-corrected chi connectivity index (χ2v) is 6.93. The molecular formula is C14H25N3O3S. The van der Waals surface area contributed by atoms with Crippen molar-refractivity contribution in [1.29, 1.82) is 0 Å². The highest BCUT2D eigenvalue weighted by atomic mass is 32.2. The van der Waals surface area contributed by atoms with Crippen molar-refractivity contribution in [2.75, 3.05) is 39.0 Å². The summed E-state index contributed by atoms with van der Waals surface area (Å²) in [4.78, 5) is 26.7. The summed E-state index contributed by atoms with van der Waals surface area (Å²) in [6, 6.07) is 0.361. The number of carbonyl (C=O) groups is 2. The molecule has 2 amide bonds. The zero-order valence-corrected chi connectivity index (χ0v) is 13.4. The first-order valence-corrected chi connectivity index (χ1v) is 8.89. The van der Waals surface area contributed by atoms with E-state index >= 15 is 0 Å². The normalized spacial score (nSPS) is 26.8. The number of hydrogen-bond donors (Lipinski definition) is 2. The van der Waals surface area contributed by atoms with E-state index in [1.807, 2.05) is 16.7 Å². The SMILES string of the molecule is CSC1CCC(NC(=O)N2CCN(CCC(=O)O)CC2)C1. The summed E-state index contributed by atoms with van der Waals surface area (Å²) in [5.74, 6) is -0.764. The predicted molar refractivity (Wildman–Crippen MR) is 83.7 cm³/mol. The molecule has 0 spiro atoms. The number of carbonyl (C=O) groups excluding carboxylic acids is 1. The molecule has 1 saturated carbocycles. The van der Waals surface area contributed by atoms with Crippen molar-refractivity contribution in [2.24, 2.45) is 0 Å². The number of hydrogen-bond acceptors (Lipinski definition) is 4. The highest BCUT2D eigenvalue weighted by Crippen LogP contribution is 2.28. The standard InChI is InChI=1S/C14H25N3O3S/c1-21-12-3-2-11(10-12)15-14(20)17-8-6-16(7-9-17)5-4-13(18)19/h11-12H,2-10H2,1H3,(H,15,20)(H,18,19). The van der Waals surface area contributed by atoms with Crippen molar-refractivity contribution in [3.8, 4) is 0 Å². The Bertz CT molecular complexity index is 372. The molecule has 1 aliphatic heterocycles. The zero-order valence-electron chi connectivity index (χ0n) is 12.6. The summed E-state index contributed by atoms with van der Waals surface area (Å²) < 4.78 is 0. The van der Waals surface area contributed by atoms with E-state index in [-0.39, 0.29) is 12.5 Å². The molecule has 7 heteroatoms. The summed E-state index contributed by atoms with van der Waals surface area (Å²) >= 11 is 1.89. The Hall–Kier alpha value is -0.950. The van der Waals surface area contributed by atoms with Crippen molar-refractivity contribution in [2.45, 2.75) is 37.0 Å². The molecule has 0 aromatic heterocycles. The lowest BCUT2D eigenvalue weighted by atomic mass is 10.2. The molecular weight excluding hydrogens is 290 g/mol. The van der Waals surface area contributed by atoms with E-state index in [2.05, 4.69) is 16.5 Å². The molecule has 2 unspecified atom stereocenters. The van der Waals surface area contributed by atoms with Crippen LogP contribution in [0.5, 0.6) is 0 Å². The van der Waals surface area contributed by atoms with Crippen molar-refractivity contribution in [3.05, 3.63) is 0 Å². The molecule has 0 radical (unpaired) electrons. The number of carboxylic acid groups (broad SMARTS) is 1. The van der Waals surface area contributed by atoms with Crippen LogP contribution in [0.3, 0.4) is 0 Å². The van der Waals surface area contributed by atoms with Crippen LogP contribution in [0, 0.1) is 0 Å². The minimum atomic E-state index is -0.764. The van der Waals surface area contributed by atoms with E-state index in [0.717, 1.165) is 25.9 Å². The Morgan fingerprint density at radius 3 is 2.52 bits per heavy atom. The predicted octanol–water partition coefficient (Wildman–Crippen LogP) is 1.07. The third kappa shape index (κ3) is 5.07. The van der Waals surface area contributed by atoms with E-state index < -0.39 is 5.97 Å². The van der Waals surface area contributed by atoms with Crippen molar-refractivity contribution in [3.63, 3.8) is 0 Å². The molecule has 2 atom stereocenters. The highest BCUT2D eigenvalue weighted by molar-refractivity contribution is 7.99. The molecule has 0 aromatic carbocycles. The molecule has 2 rings (SSSR count). The molecule has 2 fully saturated rings. The average Bonchev–Trinajstić information content (AvgIpc) is 2.93. The van der Waals surface area contributed by atoms with E-state index in [1.54, 1.807) is 0 Å². The van der Waals surface area contributed by atoms with Gasteiger partial charge in [0, 0.05) is 44.0 Å². The van der Waals surface area contributed by atoms with Crippen LogP contribution in [0.2, 0.25) is 0 Å². The van der Waals surface area contributed by atoms with Crippen LogP contribution in [-0.4, -0.2) is 77.2 Å². The number of nitrogens with zero attached hydrogens (tertiary/aromatic N) is 2. The average molecular weight is 315 g/mol. The summed E-state index contributed by atoms with van der Waals surface area (Å²) in [5, 5.41) is 12.5. The summed E-state index contributed by atoms with van der Waals surface area (Å²) in [7, 11) is 0. The Morgan fingerprint density at radius 1 is 1.24 bits per heavy atom. The molecule has 1 saturated heterocycles. The first-order valence-electron chi connectivity index (χ1n) is 7.61. The van der Waals surface area contributed by atoms with Gasteiger partial charge in [0.15, 0.2) is 0 Å². The smallest absolute Gasteiger partial charge is 0.317 e. The third-order valence-electron chi connectivity index (χ3n) is 4.35. The van der Waals surface area contributed by atoms with Gasteiger partial charge in [-0.05, 0) is 25.5 Å². The molecule has 2 N–H and O–H groups in total. The monoisotopic (exact) mass is 315 g/mol. The molecule has 0 bridgehead atoms. The first kappa shape index (κ1) is 16.4. The number of nitrogens with one attached hydrogen (secondary N) is 1. The van der Waals surface area contributed by atoms with Gasteiger partial charge < -0.3 is 15.3 Å². The number of amides is 2. The molecule has 21 heavy (non-hydrogen) atoms. The number of piperazine rings is 1. The largest absolute Gasteiger partial charge is 0.481 e. The molecule has 6 nitrogen and oxygen atoms in total. The van der Waals surface area contributed by atoms with Crippen LogP contribution < -0.4 is 5.32 Å². The van der Waals surface area contributed by atoms with Crippen LogP contribution in [0.4, 0.5) is 4.79 Å². The fraction of sp³-hybridized carbons (Fsp3) is 0.857. The van der Waals surface area contributed by atoms with Gasteiger partial charge in [-0.1, -0.05) is 0 Å². The van der Waals surface area contributed by atoms with Crippen molar-refractivity contribution >= 4 is 23.8 Å². The van der Waals surface area contributed by atoms with Crippen LogP contribution in [-0.2, 0) is 4.79 Å². The minimum Gasteiger partial charge on any atom is -0.481 e. The Balaban J connectivity index is 1.67. The number of aliphatic carboxylic acids is 1. The summed E-state index contributed by atoms with van der Waals surface area (Å²) in [5.41, 5.74) is 0. The van der Waals surface area contributed by atoms with Crippen molar-refractivity contribution in [1.82, 2.24) is 15.1 Å². The fourth-order valence-electron chi connectivity index (χ4n) is 2.98. The summed E-state index contributed by atoms with van der Waals surface area (Å²) in [6.45, 7) is 3.47. The maximum Gasteiger partial charge on any atom is 0.317 e. The number of rotatable bonds is 5. The van der Waals surface area contributed by atoms with Gasteiger partial charge in [0.25, 0.3) is 0 Å². The maximum atomic E-state index is 12.2. The first-order chi connectivity index (χ1) is 10.1. The third-order valence-corrected chi connectivity index (χ3v) is 5.44. The number of carboxylic acids is 1. The lowest BCUT2D eigenvalue weighted by Crippen LogP contribution is -2.53. The summed E-state index contributed by atoms with van der Waals surface area (Å²) in [6.07, 6.45) is 5.64. The quantitative estimate of drug-likeness (QED) is 0.794. The van der Waals surface area contributed by atoms with Crippen LogP contribution in [0.15, 0.2) is 0 Å². The van der Waals surface area contributed by atoms with Crippen LogP contribution in [0.25, 0.3) is 0 Å². The van der Waals surface area contributed by atoms with Gasteiger partial charge in [0.2, 0.25) is 0 Å². The maximum absolute atomic E-state index is 12.2. The second kappa shape index (κ2) is 7.89. The highest BCUT2D eigenvalue weighted by Gasteiger charge is 2.28. The van der Waals surface area contributed by atoms with Crippen LogP contribution in [0.1, 0.15) is 25.7 Å². The number of thioether (sulfide) groups is 1. The van der Waals surface area contributed by atoms with E-state index in [0.29, 0.717) is 30.9 Å². The molecule has 120 valence electrons. The lowest BCUT2D eigenvalue weighted by molar-refractivity contribution is -0.137. The topological polar surface area (TPSA) is 72.9 Å². The Morgan fingerprint density at radius 2 is 1.95 bits per heavy atom. The molecule has 0 aromatic rings. The number of urea groups is 1. The Kier molecular flexibility index (Phi) is 6.17. The van der Waals surface area contributed by atoms with Gasteiger partial charge in [0.1, 0.15) is 0 Å². The van der Waals surface area contributed by atoms with Gasteiger partial charge >= 0.3 is 12.0 Å². The van der Waals surface area contributed by atoms with E-state index in [4.69, 9.17) is 5.11 Å². The van der Waals surface area contributed by atoms with E-state index in [9.17, 15) is 9.59 Å². The van der Waals surface area contributed by atoms with Gasteiger partial charge in [-0.25, -0.2) is 4.79 Å². The Labute approximate surface area is 130 Å². The van der Waals surface area contributed by atoms with Gasteiger partial charge in [-0.2, -0.15) is 11.8 Å². The van der Waals surface area contributed by atoms with Gasteiger partial charge in [-0.15, -0.1) is 0 Å². The van der Waals surface area contributed by atoms with Gasteiger partial charge in [0.05, 0.1) is 6.42 Å². The lowest BCUT2D eigenvalue weighted by Gasteiger charge is -2.35. The molecule has 2 aliphatic rings. The second-order valence-electron chi connectivity index (χ2n) is 5.79. The minimum absolute atomic E-state index is 0.0413. The van der Waals surface area contributed by atoms with Gasteiger partial charge in [-0.3, -0.25) is 9.69 Å². The fourth-order valence-corrected chi connectivity index (χ4v) is 3.78.